The quantitative estimate of drug-likeness (QED) is 0.135. The van der Waals surface area contributed by atoms with E-state index >= 15 is 0 Å². The van der Waals surface area contributed by atoms with Gasteiger partial charge in [0.05, 0.1) is 0 Å². The van der Waals surface area contributed by atoms with Crippen LogP contribution in [0.5, 0.6) is 0 Å². The van der Waals surface area contributed by atoms with Crippen LogP contribution in [0, 0.1) is 11.3 Å². The fourth-order valence-corrected chi connectivity index (χ4v) is 5.75. The molecule has 0 spiro atoms. The molecule has 6 rings (SSSR count). The van der Waals surface area contributed by atoms with Gasteiger partial charge in [-0.1, -0.05) is 85.0 Å². The second-order valence-corrected chi connectivity index (χ2v) is 11.0. The summed E-state index contributed by atoms with van der Waals surface area (Å²) in [6.45, 7) is 0. The van der Waals surface area contributed by atoms with Gasteiger partial charge in [-0.25, -0.2) is 4.79 Å². The number of rotatable bonds is 9. The molecule has 0 saturated carbocycles. The fourth-order valence-electron chi connectivity index (χ4n) is 5.75. The van der Waals surface area contributed by atoms with Crippen LogP contribution in [0.1, 0.15) is 24.8 Å². The molecule has 5 nitrogen and oxygen atoms in total. The number of allylic oxidation sites excluding steroid dienone is 4. The Balaban J connectivity index is 1.29. The van der Waals surface area contributed by atoms with E-state index in [4.69, 9.17) is 0 Å². The van der Waals surface area contributed by atoms with E-state index in [1.54, 1.807) is 0 Å². The average molecular weight is 600 g/mol. The van der Waals surface area contributed by atoms with Gasteiger partial charge in [-0.15, -0.1) is 0 Å². The predicted molar refractivity (Wildman–Crippen MR) is 187 cm³/mol. The molecule has 1 N–H and O–H groups in total. The number of nitrogens with zero attached hydrogens (tertiary/aromatic N) is 3. The Labute approximate surface area is 269 Å². The zero-order chi connectivity index (χ0) is 31.7. The molecule has 0 fully saturated rings. The van der Waals surface area contributed by atoms with Crippen LogP contribution in [0.3, 0.4) is 0 Å². The lowest BCUT2D eigenvalue weighted by atomic mass is 9.91. The van der Waals surface area contributed by atoms with Crippen molar-refractivity contribution >= 4 is 46.2 Å². The van der Waals surface area contributed by atoms with E-state index in [0.29, 0.717) is 12.0 Å². The van der Waals surface area contributed by atoms with E-state index in [1.165, 1.54) is 0 Å². The van der Waals surface area contributed by atoms with Crippen molar-refractivity contribution in [2.24, 2.45) is 0 Å². The third kappa shape index (κ3) is 6.83. The van der Waals surface area contributed by atoms with Crippen LogP contribution in [0.2, 0.25) is 0 Å². The molecule has 1 aliphatic carbocycles. The van der Waals surface area contributed by atoms with E-state index in [1.807, 2.05) is 54.6 Å². The van der Waals surface area contributed by atoms with Crippen LogP contribution in [0.4, 0.5) is 34.1 Å². The summed E-state index contributed by atoms with van der Waals surface area (Å²) in [5.74, 6) is -1.17. The largest absolute Gasteiger partial charge is 0.477 e. The number of para-hydroxylation sites is 3. The van der Waals surface area contributed by atoms with Gasteiger partial charge in [0, 0.05) is 34.1 Å². The third-order valence-electron chi connectivity index (χ3n) is 7.97. The molecule has 0 unspecified atom stereocenters. The normalized spacial score (nSPS) is 13.8. The Bertz CT molecular complexity index is 1880. The summed E-state index contributed by atoms with van der Waals surface area (Å²) in [6.07, 6.45) is 8.17. The Morgan fingerprint density at radius 2 is 1.00 bits per heavy atom. The van der Waals surface area contributed by atoms with Crippen molar-refractivity contribution in [3.8, 4) is 6.07 Å². The lowest BCUT2D eigenvalue weighted by molar-refractivity contribution is -0.132. The zero-order valence-electron chi connectivity index (χ0n) is 25.3. The van der Waals surface area contributed by atoms with Gasteiger partial charge in [0.1, 0.15) is 11.6 Å². The summed E-state index contributed by atoms with van der Waals surface area (Å²) in [5, 5.41) is 18.6. The highest BCUT2D eigenvalue weighted by molar-refractivity contribution is 5.92. The number of carbonyl (C=O) groups is 1. The molecule has 0 saturated heterocycles. The minimum Gasteiger partial charge on any atom is -0.477 e. The molecule has 0 bridgehead atoms. The van der Waals surface area contributed by atoms with Crippen LogP contribution < -0.4 is 9.80 Å². The molecule has 5 aromatic carbocycles. The van der Waals surface area contributed by atoms with Crippen LogP contribution in [0.15, 0.2) is 168 Å². The standard InChI is InChI=1S/C41H33N3O2/c42-30-40(41(45)46)33-12-10-11-32(29-33)20-19-31-21-23-37(24-22-31)44(36-17-8-3-9-18-36)39-27-25-38(26-28-39)43(34-13-4-1-5-14-34)35-15-6-2-7-16-35/h1-9,13-29H,10-12H2,(H,45,46)/b20-19+,40-33+. The molecule has 224 valence electrons. The number of anilines is 6. The topological polar surface area (TPSA) is 67.6 Å². The lowest BCUT2D eigenvalue weighted by Gasteiger charge is -2.28. The second-order valence-electron chi connectivity index (χ2n) is 11.0. The van der Waals surface area contributed by atoms with E-state index in [0.717, 1.165) is 58.1 Å². The van der Waals surface area contributed by atoms with E-state index in [9.17, 15) is 15.2 Å². The van der Waals surface area contributed by atoms with Gasteiger partial charge in [-0.2, -0.15) is 5.26 Å². The van der Waals surface area contributed by atoms with Crippen molar-refractivity contribution in [1.29, 1.82) is 5.26 Å². The summed E-state index contributed by atoms with van der Waals surface area (Å²) in [7, 11) is 0. The van der Waals surface area contributed by atoms with Gasteiger partial charge in [0.15, 0.2) is 0 Å². The van der Waals surface area contributed by atoms with Crippen LogP contribution in [-0.2, 0) is 4.79 Å². The van der Waals surface area contributed by atoms with Crippen molar-refractivity contribution in [3.05, 3.63) is 174 Å². The van der Waals surface area contributed by atoms with E-state index in [-0.39, 0.29) is 5.57 Å². The first-order valence-electron chi connectivity index (χ1n) is 15.3. The number of aliphatic carboxylic acids is 1. The average Bonchev–Trinajstić information content (AvgIpc) is 3.11. The van der Waals surface area contributed by atoms with Crippen molar-refractivity contribution in [2.45, 2.75) is 19.3 Å². The molecule has 0 amide bonds. The summed E-state index contributed by atoms with van der Waals surface area (Å²) < 4.78 is 0. The Morgan fingerprint density at radius 1 is 0.587 bits per heavy atom. The molecule has 0 atom stereocenters. The third-order valence-corrected chi connectivity index (χ3v) is 7.97. The van der Waals surface area contributed by atoms with Crippen molar-refractivity contribution in [3.63, 3.8) is 0 Å². The lowest BCUT2D eigenvalue weighted by Crippen LogP contribution is -2.12. The molecule has 0 aliphatic heterocycles. The molecule has 5 aromatic rings. The maximum Gasteiger partial charge on any atom is 0.346 e. The first-order chi connectivity index (χ1) is 22.6. The van der Waals surface area contributed by atoms with E-state index in [2.05, 4.69) is 119 Å². The maximum atomic E-state index is 11.4. The molecule has 46 heavy (non-hydrogen) atoms. The number of carboxylic acids is 1. The van der Waals surface area contributed by atoms with Crippen molar-refractivity contribution in [2.75, 3.05) is 9.80 Å². The highest BCUT2D eigenvalue weighted by atomic mass is 16.4. The molecular formula is C41H33N3O2. The predicted octanol–water partition coefficient (Wildman–Crippen LogP) is 10.7. The monoisotopic (exact) mass is 599 g/mol. The minimum atomic E-state index is -1.17. The number of nitriles is 1. The fraction of sp³-hybridized carbons (Fsp3) is 0.0732. The summed E-state index contributed by atoms with van der Waals surface area (Å²) in [5.41, 5.74) is 8.85. The van der Waals surface area contributed by atoms with E-state index < -0.39 is 5.97 Å². The van der Waals surface area contributed by atoms with Crippen molar-refractivity contribution in [1.82, 2.24) is 0 Å². The Kier molecular flexibility index (Phi) is 9.18. The number of hydrogen-bond donors (Lipinski definition) is 1. The minimum absolute atomic E-state index is 0.170. The molecule has 0 aromatic heterocycles. The van der Waals surface area contributed by atoms with Crippen LogP contribution >= 0.6 is 0 Å². The Hall–Kier alpha value is -6.12. The number of hydrogen-bond acceptors (Lipinski definition) is 4. The SMILES string of the molecule is N#C/C(C(=O)O)=C1C=C(/C=C/c2ccc(N(c3ccccc3)c3ccc(N(c4ccccc4)c4ccccc4)cc3)cc2)CCC\1. The first kappa shape index (κ1) is 29.9. The molecule has 0 radical (unpaired) electrons. The number of carboxylic acid groups (broad SMARTS) is 1. The van der Waals surface area contributed by atoms with Gasteiger partial charge in [-0.3, -0.25) is 0 Å². The highest BCUT2D eigenvalue weighted by Gasteiger charge is 2.17. The number of benzene rings is 5. The molecule has 5 heteroatoms. The van der Waals surface area contributed by atoms with Gasteiger partial charge in [-0.05, 0) is 109 Å². The van der Waals surface area contributed by atoms with Gasteiger partial charge in [0.25, 0.3) is 0 Å². The first-order valence-corrected chi connectivity index (χ1v) is 15.3. The zero-order valence-corrected chi connectivity index (χ0v) is 25.3. The summed E-state index contributed by atoms with van der Waals surface area (Å²) in [6, 6.07) is 49.9. The highest BCUT2D eigenvalue weighted by Crippen LogP contribution is 2.39. The molecule has 0 heterocycles. The van der Waals surface area contributed by atoms with Crippen LogP contribution in [0.25, 0.3) is 6.08 Å². The molecule has 1 aliphatic rings. The summed E-state index contributed by atoms with van der Waals surface area (Å²) in [4.78, 5) is 15.9. The Morgan fingerprint density at radius 3 is 1.41 bits per heavy atom. The summed E-state index contributed by atoms with van der Waals surface area (Å²) >= 11 is 0. The van der Waals surface area contributed by atoms with Crippen molar-refractivity contribution < 1.29 is 9.90 Å². The second kappa shape index (κ2) is 14.1. The van der Waals surface area contributed by atoms with Gasteiger partial charge in [0.2, 0.25) is 0 Å². The maximum absolute atomic E-state index is 11.4. The molecular weight excluding hydrogens is 566 g/mol. The van der Waals surface area contributed by atoms with Gasteiger partial charge < -0.3 is 14.9 Å². The van der Waals surface area contributed by atoms with Crippen LogP contribution in [-0.4, -0.2) is 11.1 Å². The van der Waals surface area contributed by atoms with Gasteiger partial charge >= 0.3 is 5.97 Å². The smallest absolute Gasteiger partial charge is 0.346 e.